The number of nitrogens with one attached hydrogen (secondary N) is 1. The molecule has 0 aliphatic rings. The highest BCUT2D eigenvalue weighted by atomic mass is 32.1. The van der Waals surface area contributed by atoms with Crippen LogP contribution in [0.5, 0.6) is 0 Å². The molecule has 10 heteroatoms. The fourth-order valence-corrected chi connectivity index (χ4v) is 3.77. The van der Waals surface area contributed by atoms with Crippen LogP contribution in [0.4, 0.5) is 0 Å². The van der Waals surface area contributed by atoms with Gasteiger partial charge in [0.25, 0.3) is 11.5 Å². The highest BCUT2D eigenvalue weighted by molar-refractivity contribution is 7.20. The van der Waals surface area contributed by atoms with Gasteiger partial charge in [-0.05, 0) is 6.92 Å². The first-order chi connectivity index (χ1) is 13.8. The van der Waals surface area contributed by atoms with E-state index in [2.05, 4.69) is 23.1 Å². The molecule has 0 aromatic carbocycles. The number of hydrogen-bond donors (Lipinski definition) is 1. The van der Waals surface area contributed by atoms with Crippen LogP contribution in [0, 0.1) is 6.92 Å². The van der Waals surface area contributed by atoms with Crippen molar-refractivity contribution >= 4 is 39.4 Å². The number of esters is 2. The third-order valence-corrected chi connectivity index (χ3v) is 4.99. The van der Waals surface area contributed by atoms with E-state index in [-0.39, 0.29) is 35.3 Å². The number of H-pyrrole nitrogens is 1. The van der Waals surface area contributed by atoms with Crippen molar-refractivity contribution in [1.82, 2.24) is 14.9 Å². The summed E-state index contributed by atoms with van der Waals surface area (Å²) >= 11 is 0.959. The molecule has 0 aliphatic carbocycles. The van der Waals surface area contributed by atoms with Gasteiger partial charge in [-0.2, -0.15) is 0 Å². The van der Waals surface area contributed by atoms with Gasteiger partial charge in [-0.25, -0.2) is 9.78 Å². The lowest BCUT2D eigenvalue weighted by Gasteiger charge is -2.18. The van der Waals surface area contributed by atoms with Gasteiger partial charge < -0.3 is 19.4 Å². The topological polar surface area (TPSA) is 119 Å². The van der Waals surface area contributed by atoms with Crippen LogP contribution in [0.3, 0.4) is 0 Å². The van der Waals surface area contributed by atoms with Crippen molar-refractivity contribution in [3.05, 3.63) is 51.9 Å². The second kappa shape index (κ2) is 9.78. The van der Waals surface area contributed by atoms with E-state index in [4.69, 9.17) is 9.47 Å². The zero-order chi connectivity index (χ0) is 21.6. The monoisotopic (exact) mass is 419 g/mol. The van der Waals surface area contributed by atoms with Crippen LogP contribution in [-0.2, 0) is 25.5 Å². The molecule has 0 saturated carbocycles. The second-order valence-corrected chi connectivity index (χ2v) is 6.95. The van der Waals surface area contributed by atoms with Gasteiger partial charge in [-0.3, -0.25) is 14.4 Å². The van der Waals surface area contributed by atoms with Gasteiger partial charge in [-0.1, -0.05) is 12.2 Å². The van der Waals surface area contributed by atoms with E-state index in [1.807, 2.05) is 0 Å². The summed E-state index contributed by atoms with van der Waals surface area (Å²) in [5.41, 5.74) is -0.307. The summed E-state index contributed by atoms with van der Waals surface area (Å²) in [6.07, 6.45) is 2.71. The normalized spacial score (nSPS) is 10.4. The molecule has 0 spiro atoms. The lowest BCUT2D eigenvalue weighted by molar-refractivity contribution is -0.151. The molecule has 2 aromatic heterocycles. The Balaban J connectivity index is 2.24. The number of carbonyl (C=O) groups excluding carboxylic acids is 3. The van der Waals surface area contributed by atoms with Crippen LogP contribution in [0.25, 0.3) is 10.2 Å². The molecular formula is C19H21N3O6S. The van der Waals surface area contributed by atoms with E-state index in [9.17, 15) is 19.2 Å². The quantitative estimate of drug-likeness (QED) is 0.482. The largest absolute Gasteiger partial charge is 0.465 e. The number of aryl methyl sites for hydroxylation is 1. The molecule has 0 atom stereocenters. The van der Waals surface area contributed by atoms with Gasteiger partial charge in [0.2, 0.25) is 0 Å². The summed E-state index contributed by atoms with van der Waals surface area (Å²) in [4.78, 5) is 57.5. The van der Waals surface area contributed by atoms with Crippen LogP contribution in [0.2, 0.25) is 0 Å². The number of rotatable bonds is 9. The Kier molecular flexibility index (Phi) is 7.43. The zero-order valence-electron chi connectivity index (χ0n) is 16.1. The van der Waals surface area contributed by atoms with E-state index in [0.717, 1.165) is 11.3 Å². The van der Waals surface area contributed by atoms with Gasteiger partial charge in [-0.15, -0.1) is 24.5 Å². The zero-order valence-corrected chi connectivity index (χ0v) is 17.0. The van der Waals surface area contributed by atoms with Crippen molar-refractivity contribution in [2.24, 2.45) is 0 Å². The number of methoxy groups -OCH3 is 1. The van der Waals surface area contributed by atoms with Crippen LogP contribution in [-0.4, -0.2) is 59.5 Å². The minimum absolute atomic E-state index is 0.0920. The molecule has 9 nitrogen and oxygen atoms in total. The molecule has 2 aromatic rings. The first-order valence-corrected chi connectivity index (χ1v) is 9.39. The molecular weight excluding hydrogens is 398 g/mol. The minimum atomic E-state index is -0.764. The molecule has 0 radical (unpaired) electrons. The molecule has 0 saturated heterocycles. The lowest BCUT2D eigenvalue weighted by Crippen LogP contribution is -2.35. The highest BCUT2D eigenvalue weighted by Gasteiger charge is 2.25. The van der Waals surface area contributed by atoms with E-state index in [1.165, 1.54) is 12.0 Å². The van der Waals surface area contributed by atoms with Crippen molar-refractivity contribution in [3.8, 4) is 0 Å². The first kappa shape index (κ1) is 22.0. The van der Waals surface area contributed by atoms with Crippen molar-refractivity contribution in [3.63, 3.8) is 0 Å². The van der Waals surface area contributed by atoms with E-state index in [0.29, 0.717) is 10.7 Å². The molecule has 1 amide bonds. The molecule has 1 N–H and O–H groups in total. The summed E-state index contributed by atoms with van der Waals surface area (Å²) in [7, 11) is 1.20. The van der Waals surface area contributed by atoms with E-state index in [1.54, 1.807) is 19.1 Å². The van der Waals surface area contributed by atoms with Gasteiger partial charge >= 0.3 is 11.9 Å². The highest BCUT2D eigenvalue weighted by Crippen LogP contribution is 2.29. The Morgan fingerprint density at radius 3 is 2.48 bits per heavy atom. The van der Waals surface area contributed by atoms with Crippen molar-refractivity contribution in [1.29, 1.82) is 0 Å². The summed E-state index contributed by atoms with van der Waals surface area (Å²) in [6.45, 7) is 8.83. The van der Waals surface area contributed by atoms with Gasteiger partial charge in [0.05, 0.1) is 18.9 Å². The van der Waals surface area contributed by atoms with Gasteiger partial charge in [0.15, 0.2) is 6.61 Å². The van der Waals surface area contributed by atoms with Gasteiger partial charge in [0, 0.05) is 18.7 Å². The molecule has 2 rings (SSSR count). The van der Waals surface area contributed by atoms with Crippen LogP contribution < -0.4 is 5.56 Å². The number of fused-ring (bicyclic) bond motifs is 1. The fourth-order valence-electron chi connectivity index (χ4n) is 2.62. The number of nitrogens with zero attached hydrogens (tertiary/aromatic N) is 2. The summed E-state index contributed by atoms with van der Waals surface area (Å²) in [5, 5.41) is 0.129. The van der Waals surface area contributed by atoms with Crippen LogP contribution in [0.1, 0.15) is 21.1 Å². The Hall–Kier alpha value is -3.27. The maximum absolute atomic E-state index is 12.4. The predicted octanol–water partition coefficient (Wildman–Crippen LogP) is 1.37. The third-order valence-electron chi connectivity index (χ3n) is 3.88. The summed E-state index contributed by atoms with van der Waals surface area (Å²) in [5.74, 6) is -1.49. The number of hydrogen-bond acceptors (Lipinski definition) is 8. The number of thiophene rings is 1. The van der Waals surface area contributed by atoms with Crippen molar-refractivity contribution in [2.75, 3.05) is 26.8 Å². The van der Waals surface area contributed by atoms with Crippen LogP contribution >= 0.6 is 11.3 Å². The second-order valence-electron chi connectivity index (χ2n) is 5.95. The number of ether oxygens (including phenoxy) is 2. The lowest BCUT2D eigenvalue weighted by atomic mass is 10.1. The molecule has 0 aliphatic heterocycles. The minimum Gasteiger partial charge on any atom is -0.465 e. The molecule has 2 heterocycles. The number of amides is 1. The van der Waals surface area contributed by atoms with E-state index >= 15 is 0 Å². The average molecular weight is 419 g/mol. The third kappa shape index (κ3) is 5.17. The molecule has 0 fully saturated rings. The van der Waals surface area contributed by atoms with E-state index < -0.39 is 30.0 Å². The SMILES string of the molecule is C=CCN(CC=C)C(=O)COC(=O)Cc1c(C(=O)OC)sc2nc(C)[nH]c(=O)c12. The molecule has 154 valence electrons. The summed E-state index contributed by atoms with van der Waals surface area (Å²) in [6, 6.07) is 0. The Labute approximate surface area is 170 Å². The summed E-state index contributed by atoms with van der Waals surface area (Å²) < 4.78 is 9.79. The average Bonchev–Trinajstić information content (AvgIpc) is 3.03. The molecule has 0 bridgehead atoms. The Morgan fingerprint density at radius 1 is 1.24 bits per heavy atom. The standard InChI is InChI=1S/C19H21N3O6S/c1-5-7-22(8-6-2)13(23)10-28-14(24)9-12-15-17(25)20-11(3)21-18(15)29-16(12)19(26)27-4/h5-6H,1-2,7-10H2,3-4H3,(H,20,21,25). The molecule has 29 heavy (non-hydrogen) atoms. The molecule has 0 unspecified atom stereocenters. The fraction of sp³-hybridized carbons (Fsp3) is 0.316. The Bertz CT molecular complexity index is 1010. The van der Waals surface area contributed by atoms with Crippen molar-refractivity contribution < 1.29 is 23.9 Å². The number of aromatic nitrogens is 2. The maximum atomic E-state index is 12.4. The predicted molar refractivity (Wildman–Crippen MR) is 108 cm³/mol. The van der Waals surface area contributed by atoms with Gasteiger partial charge in [0.1, 0.15) is 15.5 Å². The maximum Gasteiger partial charge on any atom is 0.348 e. The van der Waals surface area contributed by atoms with Crippen LogP contribution in [0.15, 0.2) is 30.1 Å². The first-order valence-electron chi connectivity index (χ1n) is 8.58. The van der Waals surface area contributed by atoms with Crippen molar-refractivity contribution in [2.45, 2.75) is 13.3 Å². The Morgan fingerprint density at radius 2 is 1.90 bits per heavy atom. The number of aromatic amines is 1. The smallest absolute Gasteiger partial charge is 0.348 e. The number of carbonyl (C=O) groups is 3.